The molecule has 0 bridgehead atoms. The van der Waals surface area contributed by atoms with Gasteiger partial charge in [-0.05, 0) is 44.2 Å². The number of amides is 2. The molecule has 3 aromatic rings. The topological polar surface area (TPSA) is 63.1 Å². The molecule has 0 aliphatic rings. The number of carbonyl (C=O) groups is 2. The summed E-state index contributed by atoms with van der Waals surface area (Å²) in [6.45, 7) is 3.80. The molecule has 0 spiro atoms. The molecule has 1 aromatic heterocycles. The molecular formula is C20H21N3O2. The number of rotatable bonds is 4. The van der Waals surface area contributed by atoms with Gasteiger partial charge in [-0.1, -0.05) is 18.2 Å². The molecule has 0 aliphatic heterocycles. The van der Waals surface area contributed by atoms with Crippen LogP contribution < -0.4 is 10.6 Å². The number of benzene rings is 2. The lowest BCUT2D eigenvalue weighted by molar-refractivity contribution is 0.0944. The zero-order chi connectivity index (χ0) is 18.0. The molecule has 0 aliphatic carbocycles. The molecule has 5 heteroatoms. The number of para-hydroxylation sites is 1. The van der Waals surface area contributed by atoms with Crippen molar-refractivity contribution in [1.82, 2.24) is 9.88 Å². The molecule has 0 saturated heterocycles. The van der Waals surface area contributed by atoms with Gasteiger partial charge in [-0.15, -0.1) is 0 Å². The average molecular weight is 335 g/mol. The maximum Gasteiger partial charge on any atom is 0.256 e. The van der Waals surface area contributed by atoms with E-state index in [4.69, 9.17) is 0 Å². The first kappa shape index (κ1) is 16.8. The molecule has 2 amide bonds. The Morgan fingerprint density at radius 2 is 1.64 bits per heavy atom. The van der Waals surface area contributed by atoms with Crippen molar-refractivity contribution in [2.24, 2.45) is 7.05 Å². The van der Waals surface area contributed by atoms with Crippen LogP contribution in [-0.2, 0) is 7.05 Å². The van der Waals surface area contributed by atoms with Gasteiger partial charge in [-0.2, -0.15) is 0 Å². The number of aromatic nitrogens is 1. The number of nitrogens with zero attached hydrogens (tertiary/aromatic N) is 1. The third-order valence-electron chi connectivity index (χ3n) is 4.01. The second-order valence-electron chi connectivity index (χ2n) is 6.29. The smallest absolute Gasteiger partial charge is 0.256 e. The third kappa shape index (κ3) is 3.40. The highest BCUT2D eigenvalue weighted by molar-refractivity contribution is 6.14. The van der Waals surface area contributed by atoms with Crippen molar-refractivity contribution in [3.05, 3.63) is 65.9 Å². The molecule has 0 atom stereocenters. The van der Waals surface area contributed by atoms with Gasteiger partial charge in [0.25, 0.3) is 11.8 Å². The number of anilines is 1. The molecule has 5 nitrogen and oxygen atoms in total. The molecule has 2 aromatic carbocycles. The summed E-state index contributed by atoms with van der Waals surface area (Å²) in [4.78, 5) is 25.1. The van der Waals surface area contributed by atoms with Crippen LogP contribution in [0, 0.1) is 0 Å². The van der Waals surface area contributed by atoms with Crippen LogP contribution in [0.2, 0.25) is 0 Å². The van der Waals surface area contributed by atoms with Crippen LogP contribution in [0.4, 0.5) is 5.69 Å². The summed E-state index contributed by atoms with van der Waals surface area (Å²) in [5.74, 6) is -0.439. The standard InChI is InChI=1S/C20H21N3O2/c1-13(2)21-20(25)16-7-4-5-9-17(16)22-19(24)15-8-6-10-18-14(15)11-12-23(18)3/h4-13H,1-3H3,(H,21,25)(H,22,24). The summed E-state index contributed by atoms with van der Waals surface area (Å²) in [6.07, 6.45) is 1.92. The van der Waals surface area contributed by atoms with Crippen molar-refractivity contribution in [2.45, 2.75) is 19.9 Å². The van der Waals surface area contributed by atoms with Crippen LogP contribution >= 0.6 is 0 Å². The first-order valence-electron chi connectivity index (χ1n) is 8.22. The zero-order valence-corrected chi connectivity index (χ0v) is 14.5. The molecule has 25 heavy (non-hydrogen) atoms. The number of aryl methyl sites for hydroxylation is 1. The fourth-order valence-electron chi connectivity index (χ4n) is 2.82. The predicted molar refractivity (Wildman–Crippen MR) is 99.9 cm³/mol. The van der Waals surface area contributed by atoms with Gasteiger partial charge in [0, 0.05) is 35.8 Å². The van der Waals surface area contributed by atoms with Crippen molar-refractivity contribution in [3.8, 4) is 0 Å². The molecule has 1 heterocycles. The Labute approximate surface area is 146 Å². The summed E-state index contributed by atoms with van der Waals surface area (Å²) >= 11 is 0. The lowest BCUT2D eigenvalue weighted by atomic mass is 10.1. The highest BCUT2D eigenvalue weighted by Crippen LogP contribution is 2.22. The van der Waals surface area contributed by atoms with Crippen LogP contribution in [0.25, 0.3) is 10.9 Å². The second-order valence-corrected chi connectivity index (χ2v) is 6.29. The SMILES string of the molecule is CC(C)NC(=O)c1ccccc1NC(=O)c1cccc2c1ccn2C. The molecule has 3 rings (SSSR count). The van der Waals surface area contributed by atoms with E-state index in [2.05, 4.69) is 10.6 Å². The van der Waals surface area contributed by atoms with Crippen LogP contribution in [0.1, 0.15) is 34.6 Å². The Morgan fingerprint density at radius 1 is 0.920 bits per heavy atom. The van der Waals surface area contributed by atoms with Crippen LogP contribution in [0.15, 0.2) is 54.7 Å². The van der Waals surface area contributed by atoms with Gasteiger partial charge in [0.2, 0.25) is 0 Å². The van der Waals surface area contributed by atoms with Crippen molar-refractivity contribution in [3.63, 3.8) is 0 Å². The summed E-state index contributed by atoms with van der Waals surface area (Å²) in [5.41, 5.74) is 2.51. The van der Waals surface area contributed by atoms with E-state index in [0.29, 0.717) is 16.8 Å². The fraction of sp³-hybridized carbons (Fsp3) is 0.200. The third-order valence-corrected chi connectivity index (χ3v) is 4.01. The van der Waals surface area contributed by atoms with Crippen molar-refractivity contribution in [1.29, 1.82) is 0 Å². The second kappa shape index (κ2) is 6.81. The molecule has 0 fully saturated rings. The number of nitrogens with one attached hydrogen (secondary N) is 2. The highest BCUT2D eigenvalue weighted by Gasteiger charge is 2.16. The summed E-state index contributed by atoms with van der Waals surface area (Å²) < 4.78 is 1.97. The molecule has 128 valence electrons. The Balaban J connectivity index is 1.92. The van der Waals surface area contributed by atoms with E-state index in [1.807, 2.05) is 49.9 Å². The van der Waals surface area contributed by atoms with Crippen LogP contribution in [-0.4, -0.2) is 22.4 Å². The van der Waals surface area contributed by atoms with Crippen molar-refractivity contribution >= 4 is 28.4 Å². The van der Waals surface area contributed by atoms with Gasteiger partial charge in [0.15, 0.2) is 0 Å². The monoisotopic (exact) mass is 335 g/mol. The lowest BCUT2D eigenvalue weighted by Gasteiger charge is -2.13. The first-order valence-corrected chi connectivity index (χ1v) is 8.22. The molecule has 0 saturated carbocycles. The van der Waals surface area contributed by atoms with Gasteiger partial charge >= 0.3 is 0 Å². The maximum absolute atomic E-state index is 12.8. The Morgan fingerprint density at radius 3 is 2.40 bits per heavy atom. The van der Waals surface area contributed by atoms with Crippen molar-refractivity contribution < 1.29 is 9.59 Å². The summed E-state index contributed by atoms with van der Waals surface area (Å²) in [6, 6.07) is 14.6. The Hall–Kier alpha value is -3.08. The lowest BCUT2D eigenvalue weighted by Crippen LogP contribution is -2.31. The van der Waals surface area contributed by atoms with E-state index in [0.717, 1.165) is 10.9 Å². The quantitative estimate of drug-likeness (QED) is 0.765. The Kier molecular flexibility index (Phi) is 4.57. The van der Waals surface area contributed by atoms with Gasteiger partial charge in [0.1, 0.15) is 0 Å². The first-order chi connectivity index (χ1) is 12.0. The van der Waals surface area contributed by atoms with Crippen molar-refractivity contribution in [2.75, 3.05) is 5.32 Å². The van der Waals surface area contributed by atoms with E-state index < -0.39 is 0 Å². The summed E-state index contributed by atoms with van der Waals surface area (Å²) in [5, 5.41) is 6.61. The minimum Gasteiger partial charge on any atom is -0.351 e. The van der Waals surface area contributed by atoms with Gasteiger partial charge in [-0.25, -0.2) is 0 Å². The highest BCUT2D eigenvalue weighted by atomic mass is 16.2. The van der Waals surface area contributed by atoms with Gasteiger partial charge < -0.3 is 15.2 Å². The fourth-order valence-corrected chi connectivity index (χ4v) is 2.82. The number of carbonyl (C=O) groups excluding carboxylic acids is 2. The average Bonchev–Trinajstić information content (AvgIpc) is 2.96. The van der Waals surface area contributed by atoms with E-state index in [9.17, 15) is 9.59 Å². The normalized spacial score (nSPS) is 10.9. The number of hydrogen-bond donors (Lipinski definition) is 2. The summed E-state index contributed by atoms with van der Waals surface area (Å²) in [7, 11) is 1.94. The molecule has 2 N–H and O–H groups in total. The Bertz CT molecular complexity index is 941. The number of fused-ring (bicyclic) bond motifs is 1. The van der Waals surface area contributed by atoms with E-state index in [-0.39, 0.29) is 17.9 Å². The van der Waals surface area contributed by atoms with Gasteiger partial charge in [-0.3, -0.25) is 9.59 Å². The van der Waals surface area contributed by atoms with E-state index in [1.54, 1.807) is 30.3 Å². The van der Waals surface area contributed by atoms with Gasteiger partial charge in [0.05, 0.1) is 11.3 Å². The van der Waals surface area contributed by atoms with Crippen LogP contribution in [0.3, 0.4) is 0 Å². The largest absolute Gasteiger partial charge is 0.351 e. The predicted octanol–water partition coefficient (Wildman–Crippen LogP) is 3.57. The maximum atomic E-state index is 12.8. The molecular weight excluding hydrogens is 314 g/mol. The van der Waals surface area contributed by atoms with Crippen LogP contribution in [0.5, 0.6) is 0 Å². The molecule has 0 unspecified atom stereocenters. The van der Waals surface area contributed by atoms with E-state index in [1.165, 1.54) is 0 Å². The van der Waals surface area contributed by atoms with E-state index >= 15 is 0 Å². The minimum absolute atomic E-state index is 0.0225. The zero-order valence-electron chi connectivity index (χ0n) is 14.5. The molecule has 0 radical (unpaired) electrons. The number of hydrogen-bond acceptors (Lipinski definition) is 2. The minimum atomic E-state index is -0.235.